The molecule has 1 unspecified atom stereocenters. The second-order valence-electron chi connectivity index (χ2n) is 5.02. The van der Waals surface area contributed by atoms with E-state index in [0.717, 1.165) is 35.9 Å². The highest BCUT2D eigenvalue weighted by Gasteiger charge is 2.07. The summed E-state index contributed by atoms with van der Waals surface area (Å²) >= 11 is 0. The molecule has 0 radical (unpaired) electrons. The zero-order valence-corrected chi connectivity index (χ0v) is 11.4. The topological polar surface area (TPSA) is 32.9 Å². The number of fused-ring (bicyclic) bond motifs is 1. The maximum Gasteiger partial charge on any atom is 0.189 e. The Bertz CT molecular complexity index is 598. The molecule has 2 aromatic rings. The quantitative estimate of drug-likeness (QED) is 0.865. The fourth-order valence-corrected chi connectivity index (χ4v) is 2.27. The highest BCUT2D eigenvalue weighted by atomic mass is 16.1. The number of hydrogen-bond donors (Lipinski definition) is 1. The summed E-state index contributed by atoms with van der Waals surface area (Å²) in [5, 5.41) is 0.813. The SMILES string of the molecule is CCCc1cc(=O)c2cc(C(C)CC)ccc2[nH]1. The van der Waals surface area contributed by atoms with Gasteiger partial charge in [-0.3, -0.25) is 4.79 Å². The smallest absolute Gasteiger partial charge is 0.189 e. The molecular formula is C16H21NO. The molecule has 96 valence electrons. The fraction of sp³-hybridized carbons (Fsp3) is 0.438. The first-order valence-electron chi connectivity index (χ1n) is 6.81. The second-order valence-corrected chi connectivity index (χ2v) is 5.02. The van der Waals surface area contributed by atoms with E-state index in [9.17, 15) is 4.79 Å². The van der Waals surface area contributed by atoms with Gasteiger partial charge in [-0.1, -0.05) is 33.3 Å². The molecule has 2 nitrogen and oxygen atoms in total. The Balaban J connectivity index is 2.54. The van der Waals surface area contributed by atoms with Crippen molar-refractivity contribution in [3.05, 3.63) is 45.7 Å². The zero-order valence-electron chi connectivity index (χ0n) is 11.4. The van der Waals surface area contributed by atoms with Gasteiger partial charge in [0.25, 0.3) is 0 Å². The van der Waals surface area contributed by atoms with E-state index in [1.165, 1.54) is 5.56 Å². The van der Waals surface area contributed by atoms with Crippen molar-refractivity contribution in [1.82, 2.24) is 4.98 Å². The molecule has 0 bridgehead atoms. The molecule has 0 amide bonds. The molecule has 18 heavy (non-hydrogen) atoms. The Morgan fingerprint density at radius 3 is 2.67 bits per heavy atom. The van der Waals surface area contributed by atoms with Gasteiger partial charge >= 0.3 is 0 Å². The lowest BCUT2D eigenvalue weighted by atomic mass is 9.97. The Morgan fingerprint density at radius 2 is 2.00 bits per heavy atom. The van der Waals surface area contributed by atoms with Crippen molar-refractivity contribution in [3.63, 3.8) is 0 Å². The van der Waals surface area contributed by atoms with Crippen molar-refractivity contribution in [2.24, 2.45) is 0 Å². The van der Waals surface area contributed by atoms with Gasteiger partial charge < -0.3 is 4.98 Å². The Morgan fingerprint density at radius 1 is 1.22 bits per heavy atom. The summed E-state index contributed by atoms with van der Waals surface area (Å²) in [6, 6.07) is 7.95. The van der Waals surface area contributed by atoms with E-state index < -0.39 is 0 Å². The normalized spacial score (nSPS) is 12.8. The lowest BCUT2D eigenvalue weighted by molar-refractivity contribution is 0.734. The summed E-state index contributed by atoms with van der Waals surface area (Å²) in [6.45, 7) is 6.48. The van der Waals surface area contributed by atoms with Crippen LogP contribution < -0.4 is 5.43 Å². The van der Waals surface area contributed by atoms with E-state index in [4.69, 9.17) is 0 Å². The number of aromatic nitrogens is 1. The van der Waals surface area contributed by atoms with Crippen LogP contribution in [0.2, 0.25) is 0 Å². The highest BCUT2D eigenvalue weighted by molar-refractivity contribution is 5.79. The summed E-state index contributed by atoms with van der Waals surface area (Å²) in [5.41, 5.74) is 3.38. The van der Waals surface area contributed by atoms with Gasteiger partial charge in [0.1, 0.15) is 0 Å². The lowest BCUT2D eigenvalue weighted by Crippen LogP contribution is -2.06. The van der Waals surface area contributed by atoms with Crippen molar-refractivity contribution < 1.29 is 0 Å². The first-order chi connectivity index (χ1) is 8.65. The van der Waals surface area contributed by atoms with E-state index in [2.05, 4.69) is 31.8 Å². The highest BCUT2D eigenvalue weighted by Crippen LogP contribution is 2.21. The average molecular weight is 243 g/mol. The van der Waals surface area contributed by atoms with Crippen molar-refractivity contribution in [3.8, 4) is 0 Å². The molecule has 0 spiro atoms. The largest absolute Gasteiger partial charge is 0.358 e. The minimum atomic E-state index is 0.136. The molecule has 0 aliphatic rings. The van der Waals surface area contributed by atoms with Gasteiger partial charge in [0.05, 0.1) is 0 Å². The van der Waals surface area contributed by atoms with Crippen molar-refractivity contribution in [2.45, 2.75) is 46.0 Å². The van der Waals surface area contributed by atoms with Gasteiger partial charge in [-0.05, 0) is 36.5 Å². The number of nitrogens with one attached hydrogen (secondary N) is 1. The van der Waals surface area contributed by atoms with E-state index in [-0.39, 0.29) is 5.43 Å². The summed E-state index contributed by atoms with van der Waals surface area (Å²) in [6.07, 6.45) is 3.07. The Kier molecular flexibility index (Phi) is 3.85. The minimum absolute atomic E-state index is 0.136. The Hall–Kier alpha value is -1.57. The van der Waals surface area contributed by atoms with Crippen LogP contribution in [-0.4, -0.2) is 4.98 Å². The van der Waals surface area contributed by atoms with Gasteiger partial charge in [-0.25, -0.2) is 0 Å². The number of benzene rings is 1. The molecule has 0 aliphatic heterocycles. The molecule has 0 saturated heterocycles. The fourth-order valence-electron chi connectivity index (χ4n) is 2.27. The van der Waals surface area contributed by atoms with E-state index in [0.29, 0.717) is 5.92 Å². The standard InChI is InChI=1S/C16H21NO/c1-4-6-13-10-16(18)14-9-12(11(3)5-2)7-8-15(14)17-13/h7-11H,4-6H2,1-3H3,(H,17,18). The van der Waals surface area contributed by atoms with E-state index in [1.54, 1.807) is 6.07 Å². The van der Waals surface area contributed by atoms with Crippen LogP contribution in [0.1, 0.15) is 50.8 Å². The summed E-state index contributed by atoms with van der Waals surface area (Å²) in [7, 11) is 0. The molecule has 1 atom stereocenters. The predicted molar refractivity (Wildman–Crippen MR) is 77.3 cm³/mol. The van der Waals surface area contributed by atoms with Crippen molar-refractivity contribution in [1.29, 1.82) is 0 Å². The maximum absolute atomic E-state index is 12.1. The van der Waals surface area contributed by atoms with Gasteiger partial charge in [-0.15, -0.1) is 0 Å². The number of H-pyrrole nitrogens is 1. The predicted octanol–water partition coefficient (Wildman–Crippen LogP) is 3.99. The molecule has 1 aromatic heterocycles. The van der Waals surface area contributed by atoms with Gasteiger partial charge in [0.15, 0.2) is 5.43 Å². The van der Waals surface area contributed by atoms with Crippen LogP contribution in [-0.2, 0) is 6.42 Å². The monoisotopic (exact) mass is 243 g/mol. The third-order valence-corrected chi connectivity index (χ3v) is 3.61. The molecule has 0 fully saturated rings. The molecule has 1 heterocycles. The van der Waals surface area contributed by atoms with Gasteiger partial charge in [0.2, 0.25) is 0 Å². The van der Waals surface area contributed by atoms with Crippen LogP contribution >= 0.6 is 0 Å². The molecule has 1 N–H and O–H groups in total. The molecule has 1 aromatic carbocycles. The van der Waals surface area contributed by atoms with E-state index >= 15 is 0 Å². The first-order valence-corrected chi connectivity index (χ1v) is 6.81. The average Bonchev–Trinajstić information content (AvgIpc) is 2.38. The lowest BCUT2D eigenvalue weighted by Gasteiger charge is -2.10. The summed E-state index contributed by atoms with van der Waals surface area (Å²) in [5.74, 6) is 0.504. The van der Waals surface area contributed by atoms with Gasteiger partial charge in [0, 0.05) is 22.7 Å². The van der Waals surface area contributed by atoms with Crippen LogP contribution in [0.3, 0.4) is 0 Å². The van der Waals surface area contributed by atoms with Crippen molar-refractivity contribution >= 4 is 10.9 Å². The zero-order chi connectivity index (χ0) is 13.1. The first kappa shape index (κ1) is 12.9. The number of aryl methyl sites for hydroxylation is 1. The van der Waals surface area contributed by atoms with Crippen LogP contribution in [0.5, 0.6) is 0 Å². The molecular weight excluding hydrogens is 222 g/mol. The summed E-state index contributed by atoms with van der Waals surface area (Å²) < 4.78 is 0. The molecule has 2 heteroatoms. The minimum Gasteiger partial charge on any atom is -0.358 e. The number of aromatic amines is 1. The molecule has 0 aliphatic carbocycles. The number of rotatable bonds is 4. The van der Waals surface area contributed by atoms with Crippen LogP contribution in [0.15, 0.2) is 29.1 Å². The summed E-state index contributed by atoms with van der Waals surface area (Å²) in [4.78, 5) is 15.5. The van der Waals surface area contributed by atoms with Crippen LogP contribution in [0.4, 0.5) is 0 Å². The van der Waals surface area contributed by atoms with E-state index in [1.807, 2.05) is 12.1 Å². The third-order valence-electron chi connectivity index (χ3n) is 3.61. The van der Waals surface area contributed by atoms with Crippen molar-refractivity contribution in [2.75, 3.05) is 0 Å². The maximum atomic E-state index is 12.1. The third kappa shape index (κ3) is 2.47. The molecule has 0 saturated carbocycles. The molecule has 2 rings (SSSR count). The van der Waals surface area contributed by atoms with Crippen LogP contribution in [0.25, 0.3) is 10.9 Å². The Labute approximate surface area is 108 Å². The van der Waals surface area contributed by atoms with Crippen LogP contribution in [0, 0.1) is 0 Å². The number of hydrogen-bond acceptors (Lipinski definition) is 1. The second kappa shape index (κ2) is 5.38. The van der Waals surface area contributed by atoms with Gasteiger partial charge in [-0.2, -0.15) is 0 Å². The number of pyridine rings is 1.